The number of carbonyl (C=O) groups excluding carboxylic acids is 2. The van der Waals surface area contributed by atoms with E-state index in [2.05, 4.69) is 14.8 Å². The minimum Gasteiger partial charge on any atom is -0.467 e. The largest absolute Gasteiger partial charge is 0.467 e. The molecule has 0 fully saturated rings. The Morgan fingerprint density at radius 1 is 1.03 bits per heavy atom. The number of hydrogen-bond acceptors (Lipinski definition) is 9. The monoisotopic (exact) mass is 445 g/mol. The molecule has 1 aliphatic rings. The van der Waals surface area contributed by atoms with Gasteiger partial charge in [0.1, 0.15) is 0 Å². The lowest BCUT2D eigenvalue weighted by Gasteiger charge is -2.17. The van der Waals surface area contributed by atoms with Crippen LogP contribution in [0.4, 0.5) is 0 Å². The molecule has 0 aromatic heterocycles. The molecule has 0 saturated heterocycles. The summed E-state index contributed by atoms with van der Waals surface area (Å²) in [5.41, 5.74) is 1.83. The summed E-state index contributed by atoms with van der Waals surface area (Å²) >= 11 is 0. The second-order valence-electron chi connectivity index (χ2n) is 7.31. The van der Waals surface area contributed by atoms with Gasteiger partial charge in [-0.05, 0) is 36.6 Å². The second kappa shape index (κ2) is 10.9. The molecule has 2 aromatic rings. The number of methoxy groups -OCH3 is 2. The van der Waals surface area contributed by atoms with Gasteiger partial charge in [0, 0.05) is 12.6 Å². The van der Waals surface area contributed by atoms with Crippen molar-refractivity contribution in [2.24, 2.45) is 0 Å². The van der Waals surface area contributed by atoms with Crippen LogP contribution in [-0.4, -0.2) is 56.4 Å². The zero-order valence-corrected chi connectivity index (χ0v) is 18.1. The van der Waals surface area contributed by atoms with Gasteiger partial charge in [-0.25, -0.2) is 9.59 Å². The molecule has 2 aromatic carbocycles. The quantitative estimate of drug-likeness (QED) is 0.417. The van der Waals surface area contributed by atoms with Crippen LogP contribution in [-0.2, 0) is 30.2 Å². The molecule has 1 aliphatic heterocycles. The Kier molecular flexibility index (Phi) is 8.04. The number of aliphatic hydroxyl groups excluding tert-OH is 1. The molecule has 2 N–H and O–H groups in total. The number of carbonyl (C=O) groups is 2. The van der Waals surface area contributed by atoms with E-state index in [1.165, 1.54) is 0 Å². The van der Waals surface area contributed by atoms with Crippen LogP contribution < -0.4 is 14.8 Å². The predicted octanol–water partition coefficient (Wildman–Crippen LogP) is 1.73. The summed E-state index contributed by atoms with van der Waals surface area (Å²) in [5, 5.41) is 13.6. The molecule has 0 bridgehead atoms. The molecule has 32 heavy (non-hydrogen) atoms. The van der Waals surface area contributed by atoms with Crippen LogP contribution in [0.2, 0.25) is 0 Å². The molecular weight excluding hydrogens is 418 g/mol. The summed E-state index contributed by atoms with van der Waals surface area (Å²) in [5.74, 6) is -0.985. The first kappa shape index (κ1) is 23.5. The topological polar surface area (TPSA) is 113 Å². The van der Waals surface area contributed by atoms with E-state index in [9.17, 15) is 14.7 Å². The smallest absolute Gasteiger partial charge is 0.362 e. The SMILES string of the molecule is COC(=O)C(O[C@@H]1Oc2ccc(CC(C)NC[C@H](O)c3ccccc3)cc2O1)C(=O)OC. The van der Waals surface area contributed by atoms with Crippen molar-refractivity contribution in [3.63, 3.8) is 0 Å². The van der Waals surface area contributed by atoms with Gasteiger partial charge in [-0.1, -0.05) is 36.4 Å². The molecule has 172 valence electrons. The van der Waals surface area contributed by atoms with Crippen LogP contribution in [0.5, 0.6) is 11.5 Å². The third-order valence-electron chi connectivity index (χ3n) is 4.92. The van der Waals surface area contributed by atoms with Gasteiger partial charge < -0.3 is 29.4 Å². The average Bonchev–Trinajstić information content (AvgIpc) is 3.22. The number of hydrogen-bond donors (Lipinski definition) is 2. The van der Waals surface area contributed by atoms with Gasteiger partial charge in [0.2, 0.25) is 0 Å². The second-order valence-corrected chi connectivity index (χ2v) is 7.31. The molecule has 3 atom stereocenters. The first-order valence-electron chi connectivity index (χ1n) is 10.1. The maximum absolute atomic E-state index is 11.8. The van der Waals surface area contributed by atoms with Gasteiger partial charge in [-0.2, -0.15) is 0 Å². The van der Waals surface area contributed by atoms with Crippen molar-refractivity contribution in [2.75, 3.05) is 20.8 Å². The summed E-state index contributed by atoms with van der Waals surface area (Å²) in [4.78, 5) is 23.5. The van der Waals surface area contributed by atoms with Gasteiger partial charge in [0.25, 0.3) is 6.10 Å². The van der Waals surface area contributed by atoms with Gasteiger partial charge in [0.05, 0.1) is 20.3 Å². The standard InChI is InChI=1S/C23H27NO8/c1-14(24-13-17(25)16-7-5-4-6-8-16)11-15-9-10-18-19(12-15)31-23(30-18)32-20(21(26)28-2)22(27)29-3/h4-10,12,14,17,20,23-25H,11,13H2,1-3H3/t14?,17-,23+/m0/s1. The Hall–Kier alpha value is -3.14. The van der Waals surface area contributed by atoms with Crippen molar-refractivity contribution in [2.45, 2.75) is 38.1 Å². The van der Waals surface area contributed by atoms with Crippen LogP contribution in [0.3, 0.4) is 0 Å². The Bertz CT molecular complexity index is 903. The third-order valence-corrected chi connectivity index (χ3v) is 4.92. The Morgan fingerprint density at radius 2 is 1.69 bits per heavy atom. The van der Waals surface area contributed by atoms with Crippen LogP contribution in [0, 0.1) is 0 Å². The number of nitrogens with one attached hydrogen (secondary N) is 1. The summed E-state index contributed by atoms with van der Waals surface area (Å²) < 4.78 is 25.5. The average molecular weight is 445 g/mol. The number of esters is 2. The van der Waals surface area contributed by atoms with Crippen LogP contribution in [0.1, 0.15) is 24.2 Å². The van der Waals surface area contributed by atoms with Crippen molar-refractivity contribution >= 4 is 11.9 Å². The first-order chi connectivity index (χ1) is 15.4. The first-order valence-corrected chi connectivity index (χ1v) is 10.1. The fraction of sp³-hybridized carbons (Fsp3) is 0.391. The van der Waals surface area contributed by atoms with E-state index in [1.54, 1.807) is 12.1 Å². The van der Waals surface area contributed by atoms with Crippen molar-refractivity contribution in [1.29, 1.82) is 0 Å². The molecule has 0 saturated carbocycles. The van der Waals surface area contributed by atoms with Gasteiger partial charge in [-0.15, -0.1) is 0 Å². The molecule has 9 nitrogen and oxygen atoms in total. The molecular formula is C23H27NO8. The van der Waals surface area contributed by atoms with Gasteiger partial charge in [-0.3, -0.25) is 4.74 Å². The van der Waals surface area contributed by atoms with E-state index in [4.69, 9.17) is 14.2 Å². The van der Waals surface area contributed by atoms with E-state index >= 15 is 0 Å². The number of rotatable bonds is 10. The normalized spacial score (nSPS) is 16.5. The lowest BCUT2D eigenvalue weighted by molar-refractivity contribution is -0.221. The predicted molar refractivity (Wildman–Crippen MR) is 113 cm³/mol. The maximum atomic E-state index is 11.8. The number of aliphatic hydroxyl groups is 1. The molecule has 3 rings (SSSR count). The fourth-order valence-electron chi connectivity index (χ4n) is 3.22. The minimum absolute atomic E-state index is 0.0869. The molecule has 9 heteroatoms. The summed E-state index contributed by atoms with van der Waals surface area (Å²) in [6.07, 6.45) is -1.54. The fourth-order valence-corrected chi connectivity index (χ4v) is 3.22. The zero-order chi connectivity index (χ0) is 23.1. The minimum atomic E-state index is -1.62. The zero-order valence-electron chi connectivity index (χ0n) is 18.1. The Balaban J connectivity index is 1.54. The van der Waals surface area contributed by atoms with E-state index in [-0.39, 0.29) is 6.04 Å². The van der Waals surface area contributed by atoms with Crippen LogP contribution in [0.25, 0.3) is 0 Å². The molecule has 1 unspecified atom stereocenters. The maximum Gasteiger partial charge on any atom is 0.362 e. The molecule has 0 spiro atoms. The highest BCUT2D eigenvalue weighted by atomic mass is 16.9. The van der Waals surface area contributed by atoms with Gasteiger partial charge >= 0.3 is 18.4 Å². The van der Waals surface area contributed by atoms with Gasteiger partial charge in [0.15, 0.2) is 11.5 Å². The third kappa shape index (κ3) is 5.97. The molecule has 0 radical (unpaired) electrons. The summed E-state index contributed by atoms with van der Waals surface area (Å²) in [6.45, 7) is 1.15. The molecule has 0 amide bonds. The van der Waals surface area contributed by atoms with E-state index in [0.717, 1.165) is 25.3 Å². The lowest BCUT2D eigenvalue weighted by Crippen LogP contribution is -2.40. The van der Waals surface area contributed by atoms with Crippen molar-refractivity contribution in [1.82, 2.24) is 5.32 Å². The summed E-state index contributed by atoms with van der Waals surface area (Å²) in [7, 11) is 2.26. The molecule has 1 heterocycles. The molecule has 0 aliphatic carbocycles. The number of ether oxygens (including phenoxy) is 5. The van der Waals surface area contributed by atoms with Crippen molar-refractivity contribution in [3.8, 4) is 11.5 Å². The summed E-state index contributed by atoms with van der Waals surface area (Å²) in [6, 6.07) is 15.0. The Labute approximate surface area is 186 Å². The Morgan fingerprint density at radius 3 is 2.34 bits per heavy atom. The number of fused-ring (bicyclic) bond motifs is 1. The number of benzene rings is 2. The van der Waals surface area contributed by atoms with Crippen molar-refractivity contribution in [3.05, 3.63) is 59.7 Å². The van der Waals surface area contributed by atoms with Crippen molar-refractivity contribution < 1.29 is 38.4 Å². The highest BCUT2D eigenvalue weighted by Gasteiger charge is 2.37. The van der Waals surface area contributed by atoms with E-state index in [0.29, 0.717) is 24.5 Å². The highest BCUT2D eigenvalue weighted by molar-refractivity contribution is 5.97. The van der Waals surface area contributed by atoms with E-state index in [1.807, 2.05) is 43.3 Å². The van der Waals surface area contributed by atoms with Crippen LogP contribution in [0.15, 0.2) is 48.5 Å². The highest BCUT2D eigenvalue weighted by Crippen LogP contribution is 2.36. The van der Waals surface area contributed by atoms with E-state index < -0.39 is 30.6 Å². The lowest BCUT2D eigenvalue weighted by atomic mass is 10.1. The van der Waals surface area contributed by atoms with Crippen LogP contribution >= 0.6 is 0 Å².